The summed E-state index contributed by atoms with van der Waals surface area (Å²) in [7, 11) is 0. The molecule has 0 saturated carbocycles. The quantitative estimate of drug-likeness (QED) is 0.383. The smallest absolute Gasteiger partial charge is 0.244 e. The number of ether oxygens (including phenoxy) is 1. The molecule has 28 heavy (non-hydrogen) atoms. The maximum atomic E-state index is 11.9. The summed E-state index contributed by atoms with van der Waals surface area (Å²) >= 11 is 9.34. The van der Waals surface area contributed by atoms with Crippen LogP contribution >= 0.6 is 27.5 Å². The Morgan fingerprint density at radius 1 is 1.04 bits per heavy atom. The second kappa shape index (κ2) is 10.1. The van der Waals surface area contributed by atoms with Crippen LogP contribution in [-0.4, -0.2) is 12.1 Å². The zero-order valence-electron chi connectivity index (χ0n) is 14.9. The fraction of sp³-hybridized carbons (Fsp3) is 0.0909. The number of carbonyl (C=O) groups excluding carboxylic acids is 1. The van der Waals surface area contributed by atoms with Gasteiger partial charge in [-0.2, -0.15) is 5.10 Å². The van der Waals surface area contributed by atoms with Crippen molar-refractivity contribution in [3.05, 3.63) is 99.0 Å². The van der Waals surface area contributed by atoms with Crippen molar-refractivity contribution in [2.75, 3.05) is 0 Å². The SMILES string of the molecule is O=C(Cc1ccc(Cl)cc1)N/N=C\c1ccc(OCc2ccccc2)c(Br)c1. The van der Waals surface area contributed by atoms with E-state index < -0.39 is 0 Å². The average Bonchev–Trinajstić information content (AvgIpc) is 2.70. The van der Waals surface area contributed by atoms with Crippen molar-refractivity contribution in [1.82, 2.24) is 5.43 Å². The number of rotatable bonds is 7. The molecule has 0 fully saturated rings. The summed E-state index contributed by atoms with van der Waals surface area (Å²) in [6.45, 7) is 0.494. The minimum Gasteiger partial charge on any atom is -0.488 e. The molecule has 142 valence electrons. The summed E-state index contributed by atoms with van der Waals surface area (Å²) < 4.78 is 6.64. The summed E-state index contributed by atoms with van der Waals surface area (Å²) in [5, 5.41) is 4.65. The van der Waals surface area contributed by atoms with Crippen LogP contribution in [0.15, 0.2) is 82.4 Å². The van der Waals surface area contributed by atoms with Crippen LogP contribution in [0.5, 0.6) is 5.75 Å². The van der Waals surface area contributed by atoms with Crippen LogP contribution in [0.1, 0.15) is 16.7 Å². The molecule has 0 aromatic heterocycles. The highest BCUT2D eigenvalue weighted by Gasteiger charge is 2.04. The Bertz CT molecular complexity index is 960. The van der Waals surface area contributed by atoms with Crippen LogP contribution in [0.3, 0.4) is 0 Å². The number of hydrogen-bond donors (Lipinski definition) is 1. The molecule has 0 bridgehead atoms. The van der Waals surface area contributed by atoms with E-state index in [1.165, 1.54) is 0 Å². The largest absolute Gasteiger partial charge is 0.488 e. The fourth-order valence-corrected chi connectivity index (χ4v) is 3.09. The Balaban J connectivity index is 1.51. The van der Waals surface area contributed by atoms with E-state index in [0.717, 1.165) is 26.9 Å². The van der Waals surface area contributed by atoms with E-state index in [1.807, 2.05) is 60.7 Å². The van der Waals surface area contributed by atoms with Gasteiger partial charge in [0.05, 0.1) is 17.1 Å². The molecule has 4 nitrogen and oxygen atoms in total. The third-order valence-electron chi connectivity index (χ3n) is 3.87. The van der Waals surface area contributed by atoms with Crippen LogP contribution in [0.25, 0.3) is 0 Å². The van der Waals surface area contributed by atoms with Gasteiger partial charge in [-0.15, -0.1) is 0 Å². The van der Waals surface area contributed by atoms with E-state index in [4.69, 9.17) is 16.3 Å². The molecular formula is C22H18BrClN2O2. The lowest BCUT2D eigenvalue weighted by Crippen LogP contribution is -2.19. The van der Waals surface area contributed by atoms with Crippen molar-refractivity contribution < 1.29 is 9.53 Å². The van der Waals surface area contributed by atoms with E-state index in [9.17, 15) is 4.79 Å². The second-order valence-electron chi connectivity index (χ2n) is 6.06. The Morgan fingerprint density at radius 2 is 1.79 bits per heavy atom. The Morgan fingerprint density at radius 3 is 2.50 bits per heavy atom. The molecule has 1 amide bonds. The maximum Gasteiger partial charge on any atom is 0.244 e. The first-order chi connectivity index (χ1) is 13.6. The first kappa shape index (κ1) is 20.1. The summed E-state index contributed by atoms with van der Waals surface area (Å²) in [6, 6.07) is 22.7. The molecule has 3 rings (SSSR count). The second-order valence-corrected chi connectivity index (χ2v) is 7.35. The third kappa shape index (κ3) is 6.22. The van der Waals surface area contributed by atoms with Gasteiger partial charge in [-0.25, -0.2) is 5.43 Å². The minimum absolute atomic E-state index is 0.194. The number of hydrazone groups is 1. The molecule has 0 saturated heterocycles. The molecule has 3 aromatic carbocycles. The minimum atomic E-state index is -0.194. The Hall–Kier alpha value is -2.63. The zero-order chi connectivity index (χ0) is 19.8. The van der Waals surface area contributed by atoms with E-state index >= 15 is 0 Å². The van der Waals surface area contributed by atoms with Gasteiger partial charge in [-0.1, -0.05) is 54.1 Å². The van der Waals surface area contributed by atoms with Crippen molar-refractivity contribution in [2.24, 2.45) is 5.10 Å². The first-order valence-electron chi connectivity index (χ1n) is 8.63. The van der Waals surface area contributed by atoms with Crippen LogP contribution < -0.4 is 10.2 Å². The van der Waals surface area contributed by atoms with Crippen molar-refractivity contribution in [3.8, 4) is 5.75 Å². The highest BCUT2D eigenvalue weighted by atomic mass is 79.9. The van der Waals surface area contributed by atoms with Crippen LogP contribution in [0.4, 0.5) is 0 Å². The molecular weight excluding hydrogens is 440 g/mol. The summed E-state index contributed by atoms with van der Waals surface area (Å²) in [6.07, 6.45) is 1.83. The summed E-state index contributed by atoms with van der Waals surface area (Å²) in [4.78, 5) is 11.9. The van der Waals surface area contributed by atoms with Gasteiger partial charge in [0.2, 0.25) is 5.91 Å². The van der Waals surface area contributed by atoms with Gasteiger partial charge in [0.25, 0.3) is 0 Å². The highest BCUT2D eigenvalue weighted by molar-refractivity contribution is 9.10. The molecule has 0 heterocycles. The standard InChI is InChI=1S/C22H18BrClN2O2/c23-20-12-18(8-11-21(20)28-15-17-4-2-1-3-5-17)14-25-26-22(27)13-16-6-9-19(24)10-7-16/h1-12,14H,13,15H2,(H,26,27)/b25-14-. The van der Waals surface area contributed by atoms with Gasteiger partial charge in [-0.05, 0) is 63.0 Å². The van der Waals surface area contributed by atoms with Gasteiger partial charge in [0.1, 0.15) is 12.4 Å². The first-order valence-corrected chi connectivity index (χ1v) is 9.80. The normalized spacial score (nSPS) is 10.8. The molecule has 0 aliphatic heterocycles. The van der Waals surface area contributed by atoms with Crippen molar-refractivity contribution in [3.63, 3.8) is 0 Å². The summed E-state index contributed by atoms with van der Waals surface area (Å²) in [5.41, 5.74) is 5.34. The predicted octanol–water partition coefficient (Wildman–Crippen LogP) is 5.37. The molecule has 6 heteroatoms. The van der Waals surface area contributed by atoms with Gasteiger partial charge >= 0.3 is 0 Å². The number of carbonyl (C=O) groups is 1. The highest BCUT2D eigenvalue weighted by Crippen LogP contribution is 2.26. The number of amides is 1. The Kier molecular flexibility index (Phi) is 7.23. The van der Waals surface area contributed by atoms with E-state index in [0.29, 0.717) is 11.6 Å². The van der Waals surface area contributed by atoms with Gasteiger partial charge in [0, 0.05) is 5.02 Å². The molecule has 0 aliphatic carbocycles. The van der Waals surface area contributed by atoms with Crippen LogP contribution in [-0.2, 0) is 17.8 Å². The average molecular weight is 458 g/mol. The molecule has 0 radical (unpaired) electrons. The van der Waals surface area contributed by atoms with Gasteiger partial charge < -0.3 is 4.74 Å². The topological polar surface area (TPSA) is 50.7 Å². The maximum absolute atomic E-state index is 11.9. The predicted molar refractivity (Wildman–Crippen MR) is 116 cm³/mol. The number of benzene rings is 3. The monoisotopic (exact) mass is 456 g/mol. The molecule has 0 atom stereocenters. The lowest BCUT2D eigenvalue weighted by Gasteiger charge is -2.08. The Labute approximate surface area is 177 Å². The number of hydrogen-bond acceptors (Lipinski definition) is 3. The number of nitrogens with one attached hydrogen (secondary N) is 1. The van der Waals surface area contributed by atoms with Gasteiger partial charge in [-0.3, -0.25) is 4.79 Å². The third-order valence-corrected chi connectivity index (χ3v) is 4.75. The number of halogens is 2. The van der Waals surface area contributed by atoms with Crippen LogP contribution in [0, 0.1) is 0 Å². The van der Waals surface area contributed by atoms with E-state index in [2.05, 4.69) is 26.5 Å². The molecule has 1 N–H and O–H groups in total. The van der Waals surface area contributed by atoms with E-state index in [1.54, 1.807) is 18.3 Å². The molecule has 0 spiro atoms. The molecule has 0 aliphatic rings. The van der Waals surface area contributed by atoms with Crippen LogP contribution in [0.2, 0.25) is 5.02 Å². The molecule has 0 unspecified atom stereocenters. The van der Waals surface area contributed by atoms with Crippen molar-refractivity contribution in [2.45, 2.75) is 13.0 Å². The lowest BCUT2D eigenvalue weighted by molar-refractivity contribution is -0.120. The number of nitrogens with zero attached hydrogens (tertiary/aromatic N) is 1. The van der Waals surface area contributed by atoms with E-state index in [-0.39, 0.29) is 12.3 Å². The van der Waals surface area contributed by atoms with Crippen molar-refractivity contribution >= 4 is 39.7 Å². The fourth-order valence-electron chi connectivity index (χ4n) is 2.46. The zero-order valence-corrected chi connectivity index (χ0v) is 17.3. The van der Waals surface area contributed by atoms with Crippen molar-refractivity contribution in [1.29, 1.82) is 0 Å². The lowest BCUT2D eigenvalue weighted by atomic mass is 10.1. The summed E-state index contributed by atoms with van der Waals surface area (Å²) in [5.74, 6) is 0.549. The molecule has 3 aromatic rings. The van der Waals surface area contributed by atoms with Gasteiger partial charge in [0.15, 0.2) is 0 Å².